The van der Waals surface area contributed by atoms with Gasteiger partial charge in [0.1, 0.15) is 17.4 Å². The highest BCUT2D eigenvalue weighted by Gasteiger charge is 2.35. The zero-order valence-corrected chi connectivity index (χ0v) is 19.8. The SMILES string of the molecule is CCCC1CCC(c2cc(F)c(OCC(F)(F)Oc3cc(F)c(/C=C/C(F)(F)F)c(F)c3)c(F)c2)CC1. The molecular weight excluding hydrogens is 515 g/mol. The summed E-state index contributed by atoms with van der Waals surface area (Å²) in [6.45, 7) is 0.387. The van der Waals surface area contributed by atoms with Crippen LogP contribution in [0.15, 0.2) is 30.3 Å². The number of rotatable bonds is 9. The number of benzene rings is 2. The maximum absolute atomic E-state index is 14.5. The van der Waals surface area contributed by atoms with Crippen LogP contribution in [-0.4, -0.2) is 18.9 Å². The monoisotopic (exact) mass is 540 g/mol. The molecule has 0 amide bonds. The number of halogens is 9. The minimum absolute atomic E-state index is 0.0605. The Labute approximate surface area is 208 Å². The maximum Gasteiger partial charge on any atom is 0.433 e. The Balaban J connectivity index is 1.65. The fourth-order valence-corrected chi connectivity index (χ4v) is 4.46. The molecule has 1 saturated carbocycles. The summed E-state index contributed by atoms with van der Waals surface area (Å²) in [5, 5.41) is 0. The van der Waals surface area contributed by atoms with Crippen LogP contribution >= 0.6 is 0 Å². The summed E-state index contributed by atoms with van der Waals surface area (Å²) in [6.07, 6.45) is -3.93. The van der Waals surface area contributed by atoms with E-state index < -0.39 is 65.3 Å². The summed E-state index contributed by atoms with van der Waals surface area (Å²) in [4.78, 5) is 0. The maximum atomic E-state index is 14.5. The molecule has 2 nitrogen and oxygen atoms in total. The van der Waals surface area contributed by atoms with E-state index in [2.05, 4.69) is 16.4 Å². The molecule has 3 rings (SSSR count). The van der Waals surface area contributed by atoms with Crippen LogP contribution in [0.3, 0.4) is 0 Å². The summed E-state index contributed by atoms with van der Waals surface area (Å²) < 4.78 is 131. The van der Waals surface area contributed by atoms with Gasteiger partial charge in [0.2, 0.25) is 0 Å². The van der Waals surface area contributed by atoms with E-state index in [9.17, 15) is 39.5 Å². The van der Waals surface area contributed by atoms with E-state index in [1.807, 2.05) is 0 Å². The standard InChI is InChI=1S/C26H25F9O2/c1-2-3-15-4-6-16(7-5-15)17-10-22(29)24(23(30)11-17)36-14-26(34,35)37-18-12-20(27)19(21(28)13-18)8-9-25(31,32)33/h8-13,15-16H,2-7,14H2,1H3/b9-8+. The first-order valence-electron chi connectivity index (χ1n) is 11.7. The highest BCUT2D eigenvalue weighted by Crippen LogP contribution is 2.39. The van der Waals surface area contributed by atoms with Gasteiger partial charge in [-0.1, -0.05) is 19.8 Å². The van der Waals surface area contributed by atoms with Crippen LogP contribution in [0.5, 0.6) is 11.5 Å². The Hall–Kier alpha value is -2.85. The van der Waals surface area contributed by atoms with Gasteiger partial charge in [0, 0.05) is 23.8 Å². The molecular formula is C26H25F9O2. The predicted octanol–water partition coefficient (Wildman–Crippen LogP) is 8.94. The van der Waals surface area contributed by atoms with E-state index >= 15 is 0 Å². The molecule has 37 heavy (non-hydrogen) atoms. The first-order chi connectivity index (χ1) is 17.3. The number of ether oxygens (including phenoxy) is 2. The topological polar surface area (TPSA) is 18.5 Å². The van der Waals surface area contributed by atoms with Gasteiger partial charge in [-0.15, -0.1) is 0 Å². The molecule has 1 aliphatic carbocycles. The van der Waals surface area contributed by atoms with Crippen molar-refractivity contribution in [3.63, 3.8) is 0 Å². The van der Waals surface area contributed by atoms with E-state index in [1.165, 1.54) is 0 Å². The Morgan fingerprint density at radius 2 is 1.41 bits per heavy atom. The molecule has 2 aromatic rings. The molecule has 1 aliphatic rings. The van der Waals surface area contributed by atoms with Crippen LogP contribution in [0, 0.1) is 29.2 Å². The summed E-state index contributed by atoms with van der Waals surface area (Å²) in [7, 11) is 0. The molecule has 1 fully saturated rings. The Morgan fingerprint density at radius 1 is 0.838 bits per heavy atom. The van der Waals surface area contributed by atoms with E-state index in [1.54, 1.807) is 0 Å². The van der Waals surface area contributed by atoms with Crippen molar-refractivity contribution in [1.82, 2.24) is 0 Å². The summed E-state index contributed by atoms with van der Waals surface area (Å²) in [6, 6.07) is 2.58. The van der Waals surface area contributed by atoms with Gasteiger partial charge in [0.25, 0.3) is 0 Å². The number of allylic oxidation sites excluding steroid dienone is 1. The molecule has 11 heteroatoms. The highest BCUT2D eigenvalue weighted by atomic mass is 19.4. The van der Waals surface area contributed by atoms with E-state index in [-0.39, 0.29) is 24.1 Å². The summed E-state index contributed by atoms with van der Waals surface area (Å²) in [5.74, 6) is -7.16. The van der Waals surface area contributed by atoms with Gasteiger partial charge >= 0.3 is 12.3 Å². The van der Waals surface area contributed by atoms with Gasteiger partial charge in [0.15, 0.2) is 24.0 Å². The number of hydrogen-bond donors (Lipinski definition) is 0. The zero-order valence-electron chi connectivity index (χ0n) is 19.8. The van der Waals surface area contributed by atoms with Crippen LogP contribution in [0.25, 0.3) is 6.08 Å². The Bertz CT molecular complexity index is 1060. The molecule has 0 aromatic heterocycles. The van der Waals surface area contributed by atoms with Gasteiger partial charge in [-0.05, 0) is 61.3 Å². The molecule has 0 N–H and O–H groups in total. The third kappa shape index (κ3) is 8.07. The Kier molecular flexibility index (Phi) is 9.07. The normalized spacial score (nSPS) is 18.9. The van der Waals surface area contributed by atoms with E-state index in [0.29, 0.717) is 11.5 Å². The van der Waals surface area contributed by atoms with Crippen molar-refractivity contribution in [1.29, 1.82) is 0 Å². The first-order valence-corrected chi connectivity index (χ1v) is 11.7. The second-order valence-corrected chi connectivity index (χ2v) is 9.02. The van der Waals surface area contributed by atoms with Crippen LogP contribution in [0.2, 0.25) is 0 Å². The average molecular weight is 540 g/mol. The molecule has 0 radical (unpaired) electrons. The molecule has 0 unspecified atom stereocenters. The van der Waals surface area contributed by atoms with Gasteiger partial charge in [0.05, 0.1) is 0 Å². The smallest absolute Gasteiger partial charge is 0.433 e. The zero-order chi connectivity index (χ0) is 27.4. The van der Waals surface area contributed by atoms with Crippen LogP contribution < -0.4 is 9.47 Å². The average Bonchev–Trinajstić information content (AvgIpc) is 2.77. The van der Waals surface area contributed by atoms with Crippen LogP contribution in [-0.2, 0) is 0 Å². The summed E-state index contributed by atoms with van der Waals surface area (Å²) >= 11 is 0. The third-order valence-corrected chi connectivity index (χ3v) is 6.18. The first kappa shape index (κ1) is 28.7. The van der Waals surface area contributed by atoms with Gasteiger partial charge in [-0.25, -0.2) is 17.6 Å². The van der Waals surface area contributed by atoms with Crippen molar-refractivity contribution in [3.05, 3.63) is 64.7 Å². The van der Waals surface area contributed by atoms with Crippen molar-refractivity contribution in [3.8, 4) is 11.5 Å². The molecule has 2 aromatic carbocycles. The van der Waals surface area contributed by atoms with Crippen LogP contribution in [0.4, 0.5) is 39.5 Å². The van der Waals surface area contributed by atoms with E-state index in [4.69, 9.17) is 0 Å². The minimum atomic E-state index is -4.85. The third-order valence-electron chi connectivity index (χ3n) is 6.18. The molecule has 0 atom stereocenters. The quantitative estimate of drug-likeness (QED) is 0.296. The fraction of sp³-hybridized carbons (Fsp3) is 0.462. The minimum Gasteiger partial charge on any atom is -0.477 e. The lowest BCUT2D eigenvalue weighted by molar-refractivity contribution is -0.196. The number of hydrogen-bond acceptors (Lipinski definition) is 2. The molecule has 0 bridgehead atoms. The van der Waals surface area contributed by atoms with Gasteiger partial charge in [-0.3, -0.25) is 0 Å². The lowest BCUT2D eigenvalue weighted by Gasteiger charge is -2.29. The molecule has 0 aliphatic heterocycles. The largest absolute Gasteiger partial charge is 0.477 e. The molecule has 204 valence electrons. The Morgan fingerprint density at radius 3 is 1.92 bits per heavy atom. The van der Waals surface area contributed by atoms with E-state index in [0.717, 1.165) is 50.7 Å². The lowest BCUT2D eigenvalue weighted by Crippen LogP contribution is -2.33. The van der Waals surface area contributed by atoms with Crippen molar-refractivity contribution in [2.45, 2.75) is 63.7 Å². The van der Waals surface area contributed by atoms with Crippen molar-refractivity contribution < 1.29 is 49.0 Å². The van der Waals surface area contributed by atoms with Crippen molar-refractivity contribution in [2.75, 3.05) is 6.61 Å². The molecule has 0 heterocycles. The molecule has 0 saturated heterocycles. The highest BCUT2D eigenvalue weighted by molar-refractivity contribution is 5.53. The van der Waals surface area contributed by atoms with Crippen molar-refractivity contribution in [2.24, 2.45) is 5.92 Å². The second-order valence-electron chi connectivity index (χ2n) is 9.02. The summed E-state index contributed by atoms with van der Waals surface area (Å²) in [5.41, 5.74) is -0.710. The predicted molar refractivity (Wildman–Crippen MR) is 118 cm³/mol. The van der Waals surface area contributed by atoms with Gasteiger partial charge in [-0.2, -0.15) is 22.0 Å². The lowest BCUT2D eigenvalue weighted by atomic mass is 9.77. The van der Waals surface area contributed by atoms with Crippen LogP contribution in [0.1, 0.15) is 62.5 Å². The van der Waals surface area contributed by atoms with Crippen molar-refractivity contribution >= 4 is 6.08 Å². The number of alkyl halides is 5. The van der Waals surface area contributed by atoms with Gasteiger partial charge < -0.3 is 9.47 Å². The molecule has 0 spiro atoms. The second kappa shape index (κ2) is 11.7. The fourth-order valence-electron chi connectivity index (χ4n) is 4.46.